The molecule has 3 N–H and O–H groups in total. The molecule has 104 valence electrons. The molecule has 0 bridgehead atoms. The first-order valence-corrected chi connectivity index (χ1v) is 6.28. The Bertz CT molecular complexity index is 165. The molecule has 0 heterocycles. The van der Waals surface area contributed by atoms with Crippen molar-refractivity contribution in [3.8, 4) is 0 Å². The molecule has 3 atom stereocenters. The molecule has 0 radical (unpaired) electrons. The quantitative estimate of drug-likeness (QED) is 0.460. The van der Waals surface area contributed by atoms with Crippen LogP contribution in [0, 0.1) is 0 Å². The summed E-state index contributed by atoms with van der Waals surface area (Å²) < 4.78 is 10.5. The Balaban J connectivity index is 3.49. The summed E-state index contributed by atoms with van der Waals surface area (Å²) in [5.74, 6) is 0. The maximum absolute atomic E-state index is 9.67. The normalized spacial score (nSPS) is 16.8. The van der Waals surface area contributed by atoms with E-state index in [1.54, 1.807) is 6.92 Å². The fourth-order valence-corrected chi connectivity index (χ4v) is 1.22. The third-order valence-corrected chi connectivity index (χ3v) is 2.48. The molecule has 0 rings (SSSR count). The van der Waals surface area contributed by atoms with Crippen LogP contribution in [-0.4, -0.2) is 60.1 Å². The van der Waals surface area contributed by atoms with Gasteiger partial charge in [0.1, 0.15) is 12.2 Å². The van der Waals surface area contributed by atoms with Crippen molar-refractivity contribution in [1.29, 1.82) is 0 Å². The topological polar surface area (TPSA) is 79.2 Å². The zero-order valence-corrected chi connectivity index (χ0v) is 10.8. The van der Waals surface area contributed by atoms with Crippen LogP contribution >= 0.6 is 0 Å². The van der Waals surface area contributed by atoms with Crippen molar-refractivity contribution in [2.45, 2.75) is 51.4 Å². The lowest BCUT2D eigenvalue weighted by Crippen LogP contribution is -2.33. The van der Waals surface area contributed by atoms with E-state index in [9.17, 15) is 5.11 Å². The SMILES string of the molecule is CCCCCOCC(O)C(C)OCC(O)CO. The van der Waals surface area contributed by atoms with Gasteiger partial charge in [-0.2, -0.15) is 0 Å². The first kappa shape index (κ1) is 16.8. The number of rotatable bonds is 11. The molecule has 0 spiro atoms. The van der Waals surface area contributed by atoms with Gasteiger partial charge in [0, 0.05) is 6.61 Å². The zero-order valence-electron chi connectivity index (χ0n) is 10.8. The van der Waals surface area contributed by atoms with Crippen molar-refractivity contribution in [1.82, 2.24) is 0 Å². The summed E-state index contributed by atoms with van der Waals surface area (Å²) in [5.41, 5.74) is 0. The van der Waals surface area contributed by atoms with Crippen LogP contribution in [0.2, 0.25) is 0 Å². The summed E-state index contributed by atoms with van der Waals surface area (Å²) in [4.78, 5) is 0. The van der Waals surface area contributed by atoms with Gasteiger partial charge in [-0.15, -0.1) is 0 Å². The molecule has 0 amide bonds. The third-order valence-electron chi connectivity index (χ3n) is 2.48. The van der Waals surface area contributed by atoms with Gasteiger partial charge in [-0.05, 0) is 13.3 Å². The molecule has 0 saturated heterocycles. The molecule has 5 heteroatoms. The zero-order chi connectivity index (χ0) is 13.1. The minimum atomic E-state index is -0.893. The van der Waals surface area contributed by atoms with Crippen LogP contribution in [-0.2, 0) is 9.47 Å². The number of aliphatic hydroxyl groups is 3. The number of unbranched alkanes of at least 4 members (excludes halogenated alkanes) is 2. The fraction of sp³-hybridized carbons (Fsp3) is 1.00. The van der Waals surface area contributed by atoms with Crippen molar-refractivity contribution in [3.63, 3.8) is 0 Å². The van der Waals surface area contributed by atoms with Gasteiger partial charge >= 0.3 is 0 Å². The molecule has 0 saturated carbocycles. The molecule has 0 aliphatic rings. The Morgan fingerprint density at radius 3 is 2.41 bits per heavy atom. The van der Waals surface area contributed by atoms with Crippen LogP contribution in [0.1, 0.15) is 33.1 Å². The van der Waals surface area contributed by atoms with E-state index in [-0.39, 0.29) is 19.8 Å². The van der Waals surface area contributed by atoms with Crippen molar-refractivity contribution in [2.24, 2.45) is 0 Å². The Morgan fingerprint density at radius 2 is 1.82 bits per heavy atom. The average molecular weight is 250 g/mol. The van der Waals surface area contributed by atoms with Crippen LogP contribution in [0.25, 0.3) is 0 Å². The third kappa shape index (κ3) is 9.50. The minimum absolute atomic E-state index is 0.0184. The van der Waals surface area contributed by atoms with Gasteiger partial charge in [0.25, 0.3) is 0 Å². The molecular weight excluding hydrogens is 224 g/mol. The van der Waals surface area contributed by atoms with E-state index in [0.29, 0.717) is 6.61 Å². The molecule has 17 heavy (non-hydrogen) atoms. The summed E-state index contributed by atoms with van der Waals surface area (Å²) in [6.45, 7) is 4.40. The molecule has 0 aromatic carbocycles. The van der Waals surface area contributed by atoms with E-state index in [1.165, 1.54) is 0 Å². The summed E-state index contributed by atoms with van der Waals surface area (Å²) in [5, 5.41) is 27.3. The van der Waals surface area contributed by atoms with E-state index in [1.807, 2.05) is 0 Å². The van der Waals surface area contributed by atoms with E-state index in [4.69, 9.17) is 19.7 Å². The lowest BCUT2D eigenvalue weighted by atomic mass is 10.2. The predicted octanol–water partition coefficient (Wildman–Crippen LogP) is 0.312. The molecule has 0 aliphatic carbocycles. The monoisotopic (exact) mass is 250 g/mol. The van der Waals surface area contributed by atoms with Crippen LogP contribution in [0.4, 0.5) is 0 Å². The average Bonchev–Trinajstić information content (AvgIpc) is 2.34. The van der Waals surface area contributed by atoms with Gasteiger partial charge < -0.3 is 24.8 Å². The molecule has 0 aromatic rings. The largest absolute Gasteiger partial charge is 0.394 e. The highest BCUT2D eigenvalue weighted by Crippen LogP contribution is 2.02. The first-order valence-electron chi connectivity index (χ1n) is 6.28. The molecular formula is C12H26O5. The van der Waals surface area contributed by atoms with Crippen LogP contribution in [0.5, 0.6) is 0 Å². The van der Waals surface area contributed by atoms with E-state index in [0.717, 1.165) is 19.3 Å². The van der Waals surface area contributed by atoms with Gasteiger partial charge in [0.2, 0.25) is 0 Å². The van der Waals surface area contributed by atoms with Crippen molar-refractivity contribution in [3.05, 3.63) is 0 Å². The molecule has 0 aromatic heterocycles. The van der Waals surface area contributed by atoms with E-state index >= 15 is 0 Å². The van der Waals surface area contributed by atoms with Gasteiger partial charge in [-0.1, -0.05) is 19.8 Å². The van der Waals surface area contributed by atoms with Gasteiger partial charge in [0.15, 0.2) is 0 Å². The van der Waals surface area contributed by atoms with E-state index in [2.05, 4.69) is 6.92 Å². The number of ether oxygens (including phenoxy) is 2. The minimum Gasteiger partial charge on any atom is -0.394 e. The highest BCUT2D eigenvalue weighted by molar-refractivity contribution is 4.64. The van der Waals surface area contributed by atoms with E-state index < -0.39 is 18.3 Å². The number of hydrogen-bond donors (Lipinski definition) is 3. The smallest absolute Gasteiger partial charge is 0.103 e. The highest BCUT2D eigenvalue weighted by atomic mass is 16.5. The summed E-state index contributed by atoms with van der Waals surface area (Å²) in [6, 6.07) is 0. The van der Waals surface area contributed by atoms with Crippen molar-refractivity contribution >= 4 is 0 Å². The van der Waals surface area contributed by atoms with Gasteiger partial charge in [-0.3, -0.25) is 0 Å². The molecule has 5 nitrogen and oxygen atoms in total. The molecule has 3 unspecified atom stereocenters. The lowest BCUT2D eigenvalue weighted by Gasteiger charge is -2.20. The summed E-state index contributed by atoms with van der Waals surface area (Å²) in [7, 11) is 0. The first-order chi connectivity index (χ1) is 8.11. The Hall–Kier alpha value is -0.200. The van der Waals surface area contributed by atoms with Crippen LogP contribution < -0.4 is 0 Å². The predicted molar refractivity (Wildman–Crippen MR) is 64.9 cm³/mol. The maximum Gasteiger partial charge on any atom is 0.103 e. The summed E-state index contributed by atoms with van der Waals surface area (Å²) >= 11 is 0. The van der Waals surface area contributed by atoms with Crippen LogP contribution in [0.3, 0.4) is 0 Å². The van der Waals surface area contributed by atoms with Gasteiger partial charge in [0.05, 0.1) is 25.9 Å². The highest BCUT2D eigenvalue weighted by Gasteiger charge is 2.16. The second-order valence-electron chi connectivity index (χ2n) is 4.22. The van der Waals surface area contributed by atoms with Crippen LogP contribution in [0.15, 0.2) is 0 Å². The van der Waals surface area contributed by atoms with Crippen molar-refractivity contribution in [2.75, 3.05) is 26.4 Å². The molecule has 0 aliphatic heterocycles. The lowest BCUT2D eigenvalue weighted by molar-refractivity contribution is -0.0887. The fourth-order valence-electron chi connectivity index (χ4n) is 1.22. The maximum atomic E-state index is 9.67. The summed E-state index contributed by atoms with van der Waals surface area (Å²) in [6.07, 6.45) is 1.26. The number of hydrogen-bond acceptors (Lipinski definition) is 5. The Kier molecular flexibility index (Phi) is 10.8. The van der Waals surface area contributed by atoms with Gasteiger partial charge in [-0.25, -0.2) is 0 Å². The Labute approximate surface area is 103 Å². The second kappa shape index (κ2) is 10.9. The Morgan fingerprint density at radius 1 is 1.12 bits per heavy atom. The standard InChI is InChI=1S/C12H26O5/c1-3-4-5-6-16-9-12(15)10(2)17-8-11(14)7-13/h10-15H,3-9H2,1-2H3. The second-order valence-corrected chi connectivity index (χ2v) is 4.22. The van der Waals surface area contributed by atoms with Crippen molar-refractivity contribution < 1.29 is 24.8 Å². The number of aliphatic hydroxyl groups excluding tert-OH is 3. The molecule has 0 fully saturated rings.